The number of hydrogen-bond donors (Lipinski definition) is 1. The predicted molar refractivity (Wildman–Crippen MR) is 111 cm³/mol. The van der Waals surface area contributed by atoms with Gasteiger partial charge in [-0.15, -0.1) is 0 Å². The van der Waals surface area contributed by atoms with E-state index in [1.807, 2.05) is 20.9 Å². The first-order valence-electron chi connectivity index (χ1n) is 10.4. The van der Waals surface area contributed by atoms with Gasteiger partial charge >= 0.3 is 0 Å². The summed E-state index contributed by atoms with van der Waals surface area (Å²) in [7, 11) is 1.88. The van der Waals surface area contributed by atoms with E-state index in [9.17, 15) is 4.79 Å². The molecule has 7 heteroatoms. The molecule has 0 aliphatic carbocycles. The summed E-state index contributed by atoms with van der Waals surface area (Å²) in [4.78, 5) is 15.2. The Morgan fingerprint density at radius 1 is 1.24 bits per heavy atom. The number of carbonyl (C=O) groups is 1. The van der Waals surface area contributed by atoms with Crippen LogP contribution in [0.4, 0.5) is 5.69 Å². The topological polar surface area (TPSA) is 68.6 Å². The summed E-state index contributed by atoms with van der Waals surface area (Å²) in [6.45, 7) is 7.96. The quantitative estimate of drug-likeness (QED) is 0.837. The van der Waals surface area contributed by atoms with Crippen molar-refractivity contribution in [3.05, 3.63) is 46.8 Å². The molecule has 3 heterocycles. The number of hydrogen-bond acceptors (Lipinski definition) is 5. The van der Waals surface area contributed by atoms with Gasteiger partial charge in [0.1, 0.15) is 0 Å². The van der Waals surface area contributed by atoms with E-state index in [0.717, 1.165) is 50.4 Å². The van der Waals surface area contributed by atoms with E-state index in [4.69, 9.17) is 9.47 Å². The zero-order valence-electron chi connectivity index (χ0n) is 17.5. The van der Waals surface area contributed by atoms with Crippen molar-refractivity contribution in [2.24, 2.45) is 7.05 Å². The fourth-order valence-electron chi connectivity index (χ4n) is 4.45. The normalized spacial score (nSPS) is 21.7. The van der Waals surface area contributed by atoms with Crippen molar-refractivity contribution >= 4 is 11.6 Å². The number of amides is 1. The van der Waals surface area contributed by atoms with Gasteiger partial charge in [-0.05, 0) is 31.9 Å². The minimum Gasteiger partial charge on any atom is -0.378 e. The van der Waals surface area contributed by atoms with Crippen LogP contribution in [0, 0.1) is 0 Å². The van der Waals surface area contributed by atoms with E-state index in [1.165, 1.54) is 11.3 Å². The third kappa shape index (κ3) is 4.16. The highest BCUT2D eigenvalue weighted by Gasteiger charge is 2.31. The Morgan fingerprint density at radius 2 is 2.00 bits per heavy atom. The zero-order chi connectivity index (χ0) is 20.4. The van der Waals surface area contributed by atoms with Gasteiger partial charge in [0.25, 0.3) is 5.91 Å². The Balaban J connectivity index is 1.42. The lowest BCUT2D eigenvalue weighted by atomic mass is 9.99. The minimum atomic E-state index is -0.105. The lowest BCUT2D eigenvalue weighted by Crippen LogP contribution is -2.37. The second-order valence-electron chi connectivity index (χ2n) is 7.86. The summed E-state index contributed by atoms with van der Waals surface area (Å²) in [6.07, 6.45) is 1.54. The fourth-order valence-corrected chi connectivity index (χ4v) is 4.45. The minimum absolute atomic E-state index is 0.0480. The van der Waals surface area contributed by atoms with Crippen molar-refractivity contribution in [1.82, 2.24) is 15.1 Å². The van der Waals surface area contributed by atoms with Gasteiger partial charge in [-0.2, -0.15) is 5.10 Å². The van der Waals surface area contributed by atoms with E-state index in [0.29, 0.717) is 12.2 Å². The molecule has 0 radical (unpaired) electrons. The van der Waals surface area contributed by atoms with Gasteiger partial charge in [-0.3, -0.25) is 9.48 Å². The Bertz CT molecular complexity index is 873. The average molecular weight is 399 g/mol. The Labute approximate surface area is 172 Å². The molecule has 1 saturated heterocycles. The molecule has 0 bridgehead atoms. The number of carbonyl (C=O) groups excluding carboxylic acids is 1. The van der Waals surface area contributed by atoms with Gasteiger partial charge in [-0.25, -0.2) is 0 Å². The summed E-state index contributed by atoms with van der Waals surface area (Å²) >= 11 is 0. The van der Waals surface area contributed by atoms with E-state index in [2.05, 4.69) is 39.6 Å². The molecule has 2 aliphatic rings. The Hall–Kier alpha value is -2.38. The molecule has 4 rings (SSSR count). The fraction of sp³-hybridized carbons (Fsp3) is 0.545. The molecule has 1 fully saturated rings. The zero-order valence-corrected chi connectivity index (χ0v) is 17.5. The molecule has 2 aliphatic heterocycles. The second-order valence-corrected chi connectivity index (χ2v) is 7.86. The van der Waals surface area contributed by atoms with Gasteiger partial charge in [0.05, 0.1) is 31.1 Å². The third-order valence-corrected chi connectivity index (χ3v) is 5.75. The monoisotopic (exact) mass is 398 g/mol. The van der Waals surface area contributed by atoms with Crippen molar-refractivity contribution in [2.45, 2.75) is 38.9 Å². The standard InChI is InChI=1S/C22H30N4O3/c1-15-14-18-20(24-25(3)21(18)16(2)29-15)22(27)23-9-8-17-6-4-5-7-19(17)26-10-12-28-13-11-26/h4-7,15-16H,8-14H2,1-3H3,(H,23,27)/t15-,16+/m1/s1. The number of ether oxygens (including phenoxy) is 2. The molecule has 0 spiro atoms. The summed E-state index contributed by atoms with van der Waals surface area (Å²) < 4.78 is 13.1. The molecule has 0 saturated carbocycles. The highest BCUT2D eigenvalue weighted by atomic mass is 16.5. The number of morpholine rings is 1. The molecule has 29 heavy (non-hydrogen) atoms. The molecular formula is C22H30N4O3. The average Bonchev–Trinajstić information content (AvgIpc) is 3.05. The Kier molecular flexibility index (Phi) is 5.87. The van der Waals surface area contributed by atoms with Crippen LogP contribution < -0.4 is 10.2 Å². The summed E-state index contributed by atoms with van der Waals surface area (Å²) in [5, 5.41) is 7.57. The molecular weight excluding hydrogens is 368 g/mol. The van der Waals surface area contributed by atoms with Crippen LogP contribution in [0.1, 0.15) is 47.3 Å². The molecule has 0 unspecified atom stereocenters. The highest BCUT2D eigenvalue weighted by Crippen LogP contribution is 2.31. The van der Waals surface area contributed by atoms with Crippen molar-refractivity contribution < 1.29 is 14.3 Å². The van der Waals surface area contributed by atoms with E-state index < -0.39 is 0 Å². The largest absolute Gasteiger partial charge is 0.378 e. The number of nitrogens with zero attached hydrogens (tertiary/aromatic N) is 3. The van der Waals surface area contributed by atoms with Gasteiger partial charge in [0, 0.05) is 44.4 Å². The van der Waals surface area contributed by atoms with E-state index >= 15 is 0 Å². The number of aromatic nitrogens is 2. The molecule has 156 valence electrons. The number of rotatable bonds is 5. The first-order valence-corrected chi connectivity index (χ1v) is 10.4. The summed E-state index contributed by atoms with van der Waals surface area (Å²) in [5.41, 5.74) is 5.04. The predicted octanol–water partition coefficient (Wildman–Crippen LogP) is 2.25. The number of benzene rings is 1. The molecule has 1 aromatic carbocycles. The van der Waals surface area contributed by atoms with Gasteiger partial charge in [0.15, 0.2) is 5.69 Å². The molecule has 1 amide bonds. The van der Waals surface area contributed by atoms with Crippen LogP contribution in [-0.2, 0) is 29.4 Å². The maximum absolute atomic E-state index is 12.9. The first-order chi connectivity index (χ1) is 14.0. The van der Waals surface area contributed by atoms with E-state index in [-0.39, 0.29) is 18.1 Å². The molecule has 1 N–H and O–H groups in total. The SMILES string of the molecule is C[C@@H]1Cc2c(C(=O)NCCc3ccccc3N3CCOCC3)nn(C)c2[C@H](C)O1. The number of fused-ring (bicyclic) bond motifs is 1. The maximum atomic E-state index is 12.9. The van der Waals surface area contributed by atoms with Crippen LogP contribution in [0.2, 0.25) is 0 Å². The van der Waals surface area contributed by atoms with Crippen LogP contribution in [-0.4, -0.2) is 54.6 Å². The maximum Gasteiger partial charge on any atom is 0.272 e. The number of nitrogens with one attached hydrogen (secondary N) is 1. The third-order valence-electron chi connectivity index (χ3n) is 5.75. The van der Waals surface area contributed by atoms with Crippen molar-refractivity contribution in [2.75, 3.05) is 37.7 Å². The lowest BCUT2D eigenvalue weighted by molar-refractivity contribution is -0.00902. The van der Waals surface area contributed by atoms with Crippen LogP contribution in [0.5, 0.6) is 0 Å². The van der Waals surface area contributed by atoms with Gasteiger partial charge < -0.3 is 19.7 Å². The molecule has 2 aromatic rings. The lowest BCUT2D eigenvalue weighted by Gasteiger charge is -2.30. The second kappa shape index (κ2) is 8.55. The van der Waals surface area contributed by atoms with E-state index in [1.54, 1.807) is 4.68 Å². The van der Waals surface area contributed by atoms with Crippen molar-refractivity contribution in [3.63, 3.8) is 0 Å². The summed E-state index contributed by atoms with van der Waals surface area (Å²) in [6, 6.07) is 8.41. The molecule has 7 nitrogen and oxygen atoms in total. The van der Waals surface area contributed by atoms with Gasteiger partial charge in [0.2, 0.25) is 0 Å². The molecule has 2 atom stereocenters. The molecule has 1 aromatic heterocycles. The van der Waals surface area contributed by atoms with Crippen molar-refractivity contribution in [1.29, 1.82) is 0 Å². The van der Waals surface area contributed by atoms with Crippen LogP contribution in [0.3, 0.4) is 0 Å². The first kappa shape index (κ1) is 19.9. The smallest absolute Gasteiger partial charge is 0.272 e. The van der Waals surface area contributed by atoms with Crippen LogP contribution in [0.25, 0.3) is 0 Å². The van der Waals surface area contributed by atoms with Gasteiger partial charge in [-0.1, -0.05) is 18.2 Å². The highest BCUT2D eigenvalue weighted by molar-refractivity contribution is 5.94. The van der Waals surface area contributed by atoms with Crippen LogP contribution >= 0.6 is 0 Å². The number of aryl methyl sites for hydroxylation is 1. The summed E-state index contributed by atoms with van der Waals surface area (Å²) in [5.74, 6) is -0.105. The van der Waals surface area contributed by atoms with Crippen molar-refractivity contribution in [3.8, 4) is 0 Å². The Morgan fingerprint density at radius 3 is 2.79 bits per heavy atom. The van der Waals surface area contributed by atoms with Crippen LogP contribution in [0.15, 0.2) is 24.3 Å². The number of para-hydroxylation sites is 1. The number of anilines is 1.